The van der Waals surface area contributed by atoms with Crippen molar-refractivity contribution < 1.29 is 4.74 Å². The minimum absolute atomic E-state index is 0.112. The third kappa shape index (κ3) is 4.02. The summed E-state index contributed by atoms with van der Waals surface area (Å²) < 4.78 is 8.33. The number of aryl methyl sites for hydroxylation is 5. The Morgan fingerprint density at radius 1 is 0.707 bits per heavy atom. The fraction of sp³-hybridized carbons (Fsp3) is 0.162. The van der Waals surface area contributed by atoms with E-state index in [-0.39, 0.29) is 5.56 Å². The van der Waals surface area contributed by atoms with Gasteiger partial charge in [-0.3, -0.25) is 4.79 Å². The average Bonchev–Trinajstić information content (AvgIpc) is 3.32. The first-order valence-corrected chi connectivity index (χ1v) is 14.1. The maximum absolute atomic E-state index is 13.9. The van der Waals surface area contributed by atoms with Gasteiger partial charge in [0.25, 0.3) is 5.56 Å². The summed E-state index contributed by atoms with van der Waals surface area (Å²) in [5.41, 5.74) is 11.7. The van der Waals surface area contributed by atoms with Crippen molar-refractivity contribution in [1.82, 2.24) is 9.38 Å². The zero-order valence-corrected chi connectivity index (χ0v) is 24.1. The van der Waals surface area contributed by atoms with Crippen LogP contribution in [0.1, 0.15) is 33.4 Å². The van der Waals surface area contributed by atoms with Crippen molar-refractivity contribution in [3.8, 4) is 16.9 Å². The fourth-order valence-electron chi connectivity index (χ4n) is 6.07. The Morgan fingerprint density at radius 2 is 1.44 bits per heavy atom. The highest BCUT2D eigenvalue weighted by molar-refractivity contribution is 6.22. The quantitative estimate of drug-likeness (QED) is 0.244. The van der Waals surface area contributed by atoms with Gasteiger partial charge in [-0.05, 0) is 97.1 Å². The highest BCUT2D eigenvalue weighted by Gasteiger charge is 2.22. The van der Waals surface area contributed by atoms with Crippen molar-refractivity contribution in [3.63, 3.8) is 0 Å². The van der Waals surface area contributed by atoms with E-state index < -0.39 is 0 Å². The van der Waals surface area contributed by atoms with E-state index >= 15 is 0 Å². The van der Waals surface area contributed by atoms with Crippen LogP contribution in [0.4, 0.5) is 0 Å². The predicted octanol–water partition coefficient (Wildman–Crippen LogP) is 8.88. The summed E-state index contributed by atoms with van der Waals surface area (Å²) in [5, 5.41) is 4.29. The first kappa shape index (κ1) is 25.2. The molecule has 0 unspecified atom stereocenters. The molecule has 0 aliphatic heterocycles. The van der Waals surface area contributed by atoms with E-state index in [2.05, 4.69) is 98.6 Å². The number of benzene rings is 4. The number of nitrogens with zero attached hydrogens (tertiary/aromatic N) is 1. The molecule has 0 aliphatic rings. The van der Waals surface area contributed by atoms with Gasteiger partial charge in [-0.25, -0.2) is 0 Å². The van der Waals surface area contributed by atoms with Crippen LogP contribution in [0.15, 0.2) is 89.9 Å². The molecule has 41 heavy (non-hydrogen) atoms. The third-order valence-corrected chi connectivity index (χ3v) is 8.61. The summed E-state index contributed by atoms with van der Waals surface area (Å²) in [6.45, 7) is 11.1. The van der Waals surface area contributed by atoms with E-state index in [1.54, 1.807) is 0 Å². The zero-order chi connectivity index (χ0) is 28.4. The SMILES string of the molecule is Cc1ccc(-c2c3c4cc(C)c(OCc5ccccc5)cc4[nH]c(=O)c3n3ccc4cc(C)c(C)cc4c23)cc1C. The van der Waals surface area contributed by atoms with E-state index in [1.165, 1.54) is 27.6 Å². The lowest BCUT2D eigenvalue weighted by atomic mass is 9.94. The first-order valence-electron chi connectivity index (χ1n) is 14.1. The summed E-state index contributed by atoms with van der Waals surface area (Å²) in [6.07, 6.45) is 2.05. The molecule has 0 saturated carbocycles. The molecule has 7 rings (SSSR count). The van der Waals surface area contributed by atoms with Crippen LogP contribution in [0.3, 0.4) is 0 Å². The number of nitrogens with one attached hydrogen (secondary N) is 1. The lowest BCUT2D eigenvalue weighted by molar-refractivity contribution is 0.304. The number of H-pyrrole nitrogens is 1. The summed E-state index contributed by atoms with van der Waals surface area (Å²) in [6, 6.07) is 27.5. The number of aromatic amines is 1. The Morgan fingerprint density at radius 3 is 2.22 bits per heavy atom. The topological polar surface area (TPSA) is 46.5 Å². The van der Waals surface area contributed by atoms with Crippen LogP contribution < -0.4 is 10.3 Å². The largest absolute Gasteiger partial charge is 0.489 e. The fourth-order valence-corrected chi connectivity index (χ4v) is 6.07. The Labute approximate surface area is 238 Å². The van der Waals surface area contributed by atoms with Crippen LogP contribution >= 0.6 is 0 Å². The van der Waals surface area contributed by atoms with Gasteiger partial charge in [0.05, 0.1) is 11.0 Å². The van der Waals surface area contributed by atoms with Crippen molar-refractivity contribution in [1.29, 1.82) is 0 Å². The molecule has 0 radical (unpaired) electrons. The number of aromatic nitrogens is 2. The maximum atomic E-state index is 13.9. The highest BCUT2D eigenvalue weighted by atomic mass is 16.5. The van der Waals surface area contributed by atoms with E-state index in [1.807, 2.05) is 30.5 Å². The number of rotatable bonds is 4. The summed E-state index contributed by atoms with van der Waals surface area (Å²) in [5.74, 6) is 0.768. The standard InChI is InChI=1S/C37H32N2O2/c1-21-11-12-28(16-22(21)2)33-34-30-18-25(5)32(41-20-26-9-7-6-8-10-26)19-31(30)38-37(40)36(34)39-14-13-27-15-23(3)24(4)17-29(27)35(33)39/h6-19H,20H2,1-5H3,(H,38,40). The van der Waals surface area contributed by atoms with E-state index in [4.69, 9.17) is 4.74 Å². The number of fused-ring (bicyclic) bond motifs is 7. The molecule has 4 aromatic carbocycles. The third-order valence-electron chi connectivity index (χ3n) is 8.61. The molecule has 0 bridgehead atoms. The van der Waals surface area contributed by atoms with E-state index in [9.17, 15) is 4.79 Å². The molecule has 202 valence electrons. The summed E-state index contributed by atoms with van der Waals surface area (Å²) >= 11 is 0. The molecule has 0 aliphatic carbocycles. The Kier molecular flexibility index (Phi) is 5.75. The van der Waals surface area contributed by atoms with Crippen molar-refractivity contribution in [2.45, 2.75) is 41.2 Å². The van der Waals surface area contributed by atoms with Gasteiger partial charge in [0.1, 0.15) is 17.9 Å². The van der Waals surface area contributed by atoms with Crippen molar-refractivity contribution in [2.75, 3.05) is 0 Å². The monoisotopic (exact) mass is 536 g/mol. The van der Waals surface area contributed by atoms with Gasteiger partial charge in [0.2, 0.25) is 0 Å². The molecule has 0 fully saturated rings. The first-order chi connectivity index (χ1) is 19.8. The van der Waals surface area contributed by atoms with Crippen molar-refractivity contribution >= 4 is 38.1 Å². The Bertz CT molecular complexity index is 2220. The smallest absolute Gasteiger partial charge is 0.273 e. The number of ether oxygens (including phenoxy) is 1. The molecule has 4 nitrogen and oxygen atoms in total. The molecule has 0 spiro atoms. The lowest BCUT2D eigenvalue weighted by Crippen LogP contribution is -2.08. The van der Waals surface area contributed by atoms with Crippen molar-refractivity contribution in [3.05, 3.63) is 129 Å². The second-order valence-electron chi connectivity index (χ2n) is 11.3. The second-order valence-corrected chi connectivity index (χ2v) is 11.3. The van der Waals surface area contributed by atoms with Crippen LogP contribution in [0.5, 0.6) is 5.75 Å². The molecule has 0 saturated heterocycles. The predicted molar refractivity (Wildman–Crippen MR) is 170 cm³/mol. The van der Waals surface area contributed by atoms with Crippen LogP contribution in [0.2, 0.25) is 0 Å². The minimum atomic E-state index is -0.112. The molecule has 4 heteroatoms. The lowest BCUT2D eigenvalue weighted by Gasteiger charge is -2.12. The number of hydrogen-bond donors (Lipinski definition) is 1. The van der Waals surface area contributed by atoms with Gasteiger partial charge < -0.3 is 14.1 Å². The number of hydrogen-bond acceptors (Lipinski definition) is 2. The van der Waals surface area contributed by atoms with Crippen LogP contribution in [-0.4, -0.2) is 9.38 Å². The van der Waals surface area contributed by atoms with Crippen LogP contribution in [-0.2, 0) is 6.61 Å². The molecule has 1 N–H and O–H groups in total. The van der Waals surface area contributed by atoms with Crippen LogP contribution in [0, 0.1) is 34.6 Å². The van der Waals surface area contributed by atoms with E-state index in [0.717, 1.165) is 55.2 Å². The van der Waals surface area contributed by atoms with Gasteiger partial charge in [0, 0.05) is 34.0 Å². The van der Waals surface area contributed by atoms with Crippen LogP contribution in [0.25, 0.3) is 49.2 Å². The molecule has 0 atom stereocenters. The molecule has 3 heterocycles. The average molecular weight is 537 g/mol. The number of pyridine rings is 2. The second kappa shape index (κ2) is 9.38. The summed E-state index contributed by atoms with van der Waals surface area (Å²) in [4.78, 5) is 17.1. The summed E-state index contributed by atoms with van der Waals surface area (Å²) in [7, 11) is 0. The van der Waals surface area contributed by atoms with Crippen molar-refractivity contribution in [2.24, 2.45) is 0 Å². The van der Waals surface area contributed by atoms with Gasteiger partial charge in [-0.15, -0.1) is 0 Å². The van der Waals surface area contributed by atoms with Gasteiger partial charge >= 0.3 is 0 Å². The minimum Gasteiger partial charge on any atom is -0.489 e. The molecular formula is C37H32N2O2. The van der Waals surface area contributed by atoms with E-state index in [0.29, 0.717) is 12.1 Å². The van der Waals surface area contributed by atoms with Gasteiger partial charge in [0.15, 0.2) is 0 Å². The Hall–Kier alpha value is -4.83. The molecule has 0 amide bonds. The highest BCUT2D eigenvalue weighted by Crippen LogP contribution is 2.42. The molecule has 3 aromatic heterocycles. The normalized spacial score (nSPS) is 11.7. The van der Waals surface area contributed by atoms with Gasteiger partial charge in [-0.1, -0.05) is 54.6 Å². The van der Waals surface area contributed by atoms with Gasteiger partial charge in [-0.2, -0.15) is 0 Å². The molecule has 7 aromatic rings. The molecular weight excluding hydrogens is 504 g/mol. The zero-order valence-electron chi connectivity index (χ0n) is 24.1. The Balaban J connectivity index is 1.59. The maximum Gasteiger partial charge on any atom is 0.273 e.